The Morgan fingerprint density at radius 3 is 2.88 bits per heavy atom. The minimum Gasteiger partial charge on any atom is -0.462 e. The number of esters is 1. The van der Waals surface area contributed by atoms with Crippen LogP contribution in [0.2, 0.25) is 0 Å². The van der Waals surface area contributed by atoms with Crippen molar-refractivity contribution in [3.05, 3.63) is 16.0 Å². The molecule has 1 aromatic rings. The maximum Gasteiger partial charge on any atom is 0.341 e. The van der Waals surface area contributed by atoms with Crippen LogP contribution >= 0.6 is 11.3 Å². The Hall–Kier alpha value is -1.60. The van der Waals surface area contributed by atoms with E-state index in [9.17, 15) is 9.59 Å². The standard InChI is InChI=1S/C17H24N2O4S/c1-2-22-16(20)14-12-7-3-4-8-13(12)24-15(14)19-17(21)18-10-11-6-5-9-23-11/h11H,2-10H2,1H3,(H2,18,19,21)/t11-/m0/s1. The molecule has 1 saturated heterocycles. The zero-order chi connectivity index (χ0) is 16.9. The van der Waals surface area contributed by atoms with Crippen molar-refractivity contribution in [2.24, 2.45) is 0 Å². The quantitative estimate of drug-likeness (QED) is 0.799. The number of nitrogens with one attached hydrogen (secondary N) is 2. The highest BCUT2D eigenvalue weighted by molar-refractivity contribution is 7.17. The molecular formula is C17H24N2O4S. The maximum absolute atomic E-state index is 12.3. The molecule has 1 atom stereocenters. The van der Waals surface area contributed by atoms with E-state index in [-0.39, 0.29) is 18.1 Å². The van der Waals surface area contributed by atoms with Crippen LogP contribution in [0.1, 0.15) is 53.4 Å². The fourth-order valence-corrected chi connectivity index (χ4v) is 4.50. The Bertz CT molecular complexity index is 608. The summed E-state index contributed by atoms with van der Waals surface area (Å²) in [4.78, 5) is 25.7. The summed E-state index contributed by atoms with van der Waals surface area (Å²) in [6.07, 6.45) is 6.14. The second-order valence-corrected chi connectivity index (χ2v) is 7.21. The van der Waals surface area contributed by atoms with Crippen LogP contribution in [0.15, 0.2) is 0 Å². The molecule has 132 valence electrons. The lowest BCUT2D eigenvalue weighted by Gasteiger charge is -2.13. The lowest BCUT2D eigenvalue weighted by molar-refractivity contribution is 0.0526. The second-order valence-electron chi connectivity index (χ2n) is 6.11. The SMILES string of the molecule is CCOC(=O)c1c(NC(=O)NC[C@@H]2CCCO2)sc2c1CCCC2. The summed E-state index contributed by atoms with van der Waals surface area (Å²) in [5, 5.41) is 6.28. The number of hydrogen-bond acceptors (Lipinski definition) is 5. The summed E-state index contributed by atoms with van der Waals surface area (Å²) in [6.45, 7) is 3.37. The normalized spacial score (nSPS) is 19.6. The number of carbonyl (C=O) groups is 2. The van der Waals surface area contributed by atoms with Gasteiger partial charge in [-0.1, -0.05) is 0 Å². The maximum atomic E-state index is 12.3. The van der Waals surface area contributed by atoms with E-state index >= 15 is 0 Å². The molecule has 1 aliphatic carbocycles. The minimum atomic E-state index is -0.341. The minimum absolute atomic E-state index is 0.0943. The van der Waals surface area contributed by atoms with Gasteiger partial charge in [-0.15, -0.1) is 11.3 Å². The van der Waals surface area contributed by atoms with Crippen LogP contribution in [-0.4, -0.2) is 37.9 Å². The average molecular weight is 352 g/mol. The zero-order valence-corrected chi connectivity index (χ0v) is 14.8. The third-order valence-electron chi connectivity index (χ3n) is 4.39. The number of urea groups is 1. The number of ether oxygens (including phenoxy) is 2. The molecule has 3 rings (SSSR count). The number of aryl methyl sites for hydroxylation is 1. The van der Waals surface area contributed by atoms with Gasteiger partial charge in [0.05, 0.1) is 18.3 Å². The molecule has 0 unspecified atom stereocenters. The first-order valence-electron chi connectivity index (χ1n) is 8.67. The molecule has 1 aliphatic heterocycles. The van der Waals surface area contributed by atoms with E-state index in [1.807, 2.05) is 0 Å². The summed E-state index contributed by atoms with van der Waals surface area (Å²) in [5.74, 6) is -0.341. The van der Waals surface area contributed by atoms with Crippen molar-refractivity contribution in [2.75, 3.05) is 25.1 Å². The summed E-state index contributed by atoms with van der Waals surface area (Å²) in [7, 11) is 0. The summed E-state index contributed by atoms with van der Waals surface area (Å²) in [5.41, 5.74) is 1.60. The van der Waals surface area contributed by atoms with Crippen molar-refractivity contribution in [3.63, 3.8) is 0 Å². The van der Waals surface area contributed by atoms with Gasteiger partial charge in [-0.2, -0.15) is 0 Å². The fourth-order valence-electron chi connectivity index (χ4n) is 3.23. The predicted molar refractivity (Wildman–Crippen MR) is 92.9 cm³/mol. The summed E-state index contributed by atoms with van der Waals surface area (Å²) in [6, 6.07) is -0.297. The van der Waals surface area contributed by atoms with Gasteiger partial charge in [-0.25, -0.2) is 9.59 Å². The van der Waals surface area contributed by atoms with Crippen LogP contribution in [0.4, 0.5) is 9.80 Å². The van der Waals surface area contributed by atoms with Gasteiger partial charge >= 0.3 is 12.0 Å². The molecular weight excluding hydrogens is 328 g/mol. The molecule has 1 fully saturated rings. The molecule has 0 saturated carbocycles. The monoisotopic (exact) mass is 352 g/mol. The number of amides is 2. The lowest BCUT2D eigenvalue weighted by atomic mass is 9.95. The van der Waals surface area contributed by atoms with E-state index in [0.717, 1.165) is 50.7 Å². The van der Waals surface area contributed by atoms with E-state index in [0.29, 0.717) is 23.7 Å². The average Bonchev–Trinajstić information content (AvgIpc) is 3.20. The van der Waals surface area contributed by atoms with Crippen LogP contribution in [0, 0.1) is 0 Å². The zero-order valence-electron chi connectivity index (χ0n) is 14.0. The molecule has 0 bridgehead atoms. The Balaban J connectivity index is 1.70. The van der Waals surface area contributed by atoms with E-state index in [1.54, 1.807) is 6.92 Å². The van der Waals surface area contributed by atoms with Crippen LogP contribution in [0.3, 0.4) is 0 Å². The van der Waals surface area contributed by atoms with Gasteiger partial charge in [-0.3, -0.25) is 5.32 Å². The van der Waals surface area contributed by atoms with E-state index in [2.05, 4.69) is 10.6 Å². The highest BCUT2D eigenvalue weighted by Gasteiger charge is 2.27. The molecule has 2 amide bonds. The second kappa shape index (κ2) is 7.98. The Morgan fingerprint density at radius 2 is 2.12 bits per heavy atom. The molecule has 1 aromatic heterocycles. The Labute approximate surface area is 145 Å². The number of thiophene rings is 1. The van der Waals surface area contributed by atoms with Gasteiger partial charge < -0.3 is 14.8 Å². The summed E-state index contributed by atoms with van der Waals surface area (Å²) < 4.78 is 10.7. The van der Waals surface area contributed by atoms with Crippen LogP contribution in [-0.2, 0) is 22.3 Å². The van der Waals surface area contributed by atoms with Crippen molar-refractivity contribution in [1.29, 1.82) is 0 Å². The molecule has 0 spiro atoms. The first-order chi connectivity index (χ1) is 11.7. The van der Waals surface area contributed by atoms with E-state index in [1.165, 1.54) is 16.2 Å². The first kappa shape index (κ1) is 17.2. The van der Waals surface area contributed by atoms with Crippen molar-refractivity contribution in [1.82, 2.24) is 5.32 Å². The predicted octanol–water partition coefficient (Wildman–Crippen LogP) is 3.10. The molecule has 6 nitrogen and oxygen atoms in total. The highest BCUT2D eigenvalue weighted by atomic mass is 32.1. The fraction of sp³-hybridized carbons (Fsp3) is 0.647. The Kier molecular flexibility index (Phi) is 5.73. The third kappa shape index (κ3) is 3.89. The van der Waals surface area contributed by atoms with Gasteiger partial charge in [0.2, 0.25) is 0 Å². The molecule has 2 aliphatic rings. The number of carbonyl (C=O) groups excluding carboxylic acids is 2. The van der Waals surface area contributed by atoms with Gasteiger partial charge in [0.25, 0.3) is 0 Å². The van der Waals surface area contributed by atoms with E-state index < -0.39 is 0 Å². The van der Waals surface area contributed by atoms with Crippen molar-refractivity contribution >= 4 is 28.3 Å². The number of hydrogen-bond donors (Lipinski definition) is 2. The van der Waals surface area contributed by atoms with Gasteiger partial charge in [-0.05, 0) is 51.0 Å². The summed E-state index contributed by atoms with van der Waals surface area (Å²) >= 11 is 1.50. The smallest absolute Gasteiger partial charge is 0.341 e. The third-order valence-corrected chi connectivity index (χ3v) is 5.60. The highest BCUT2D eigenvalue weighted by Crippen LogP contribution is 2.38. The van der Waals surface area contributed by atoms with Crippen LogP contribution in [0.5, 0.6) is 0 Å². The van der Waals surface area contributed by atoms with Crippen molar-refractivity contribution < 1.29 is 19.1 Å². The van der Waals surface area contributed by atoms with Gasteiger partial charge in [0.15, 0.2) is 0 Å². The molecule has 0 radical (unpaired) electrons. The first-order valence-corrected chi connectivity index (χ1v) is 9.48. The van der Waals surface area contributed by atoms with Crippen molar-refractivity contribution in [2.45, 2.75) is 51.6 Å². The number of anilines is 1. The molecule has 0 aromatic carbocycles. The largest absolute Gasteiger partial charge is 0.462 e. The van der Waals surface area contributed by atoms with Gasteiger partial charge in [0.1, 0.15) is 5.00 Å². The molecule has 24 heavy (non-hydrogen) atoms. The molecule has 2 heterocycles. The molecule has 7 heteroatoms. The molecule has 2 N–H and O–H groups in total. The number of rotatable bonds is 5. The van der Waals surface area contributed by atoms with E-state index in [4.69, 9.17) is 9.47 Å². The van der Waals surface area contributed by atoms with Crippen molar-refractivity contribution in [3.8, 4) is 0 Å². The topological polar surface area (TPSA) is 76.7 Å². The van der Waals surface area contributed by atoms with Crippen LogP contribution < -0.4 is 10.6 Å². The van der Waals surface area contributed by atoms with Gasteiger partial charge in [0, 0.05) is 18.0 Å². The van der Waals surface area contributed by atoms with Crippen LogP contribution in [0.25, 0.3) is 0 Å². The Morgan fingerprint density at radius 1 is 1.29 bits per heavy atom. The lowest BCUT2D eigenvalue weighted by Crippen LogP contribution is -2.35. The number of fused-ring (bicyclic) bond motifs is 1.